The van der Waals surface area contributed by atoms with Gasteiger partial charge in [0.15, 0.2) is 17.7 Å². The number of hydrogen-bond acceptors (Lipinski definition) is 5. The number of thiophene rings is 1. The summed E-state index contributed by atoms with van der Waals surface area (Å²) in [6.07, 6.45) is 0.884. The zero-order valence-corrected chi connectivity index (χ0v) is 19.5. The van der Waals surface area contributed by atoms with Crippen LogP contribution in [0.5, 0.6) is 5.75 Å². The van der Waals surface area contributed by atoms with E-state index >= 15 is 0 Å². The Bertz CT molecular complexity index is 1340. The number of benzene rings is 2. The molecule has 2 heterocycles. The zero-order chi connectivity index (χ0) is 24.8. The summed E-state index contributed by atoms with van der Waals surface area (Å²) in [5.74, 6) is -2.39. The number of ether oxygens (including phenoxy) is 1. The Labute approximate surface area is 204 Å². The van der Waals surface area contributed by atoms with Gasteiger partial charge in [0.25, 0.3) is 17.7 Å². The molecule has 0 aliphatic carbocycles. The van der Waals surface area contributed by atoms with Crippen LogP contribution in [-0.2, 0) is 16.0 Å². The molecule has 0 fully saturated rings. The number of aromatic amines is 1. The van der Waals surface area contributed by atoms with Gasteiger partial charge < -0.3 is 15.0 Å². The lowest BCUT2D eigenvalue weighted by Crippen LogP contribution is -2.55. The Balaban J connectivity index is 1.43. The van der Waals surface area contributed by atoms with E-state index in [1.54, 1.807) is 29.8 Å². The van der Waals surface area contributed by atoms with Gasteiger partial charge in [-0.25, -0.2) is 4.39 Å². The summed E-state index contributed by atoms with van der Waals surface area (Å²) in [5, 5.41) is 5.42. The van der Waals surface area contributed by atoms with Gasteiger partial charge in [-0.05, 0) is 42.1 Å². The van der Waals surface area contributed by atoms with E-state index in [1.807, 2.05) is 24.3 Å². The molecule has 4 rings (SSSR count). The molecule has 2 aromatic carbocycles. The molecule has 180 valence electrons. The Hall–Kier alpha value is -4.18. The van der Waals surface area contributed by atoms with Crippen molar-refractivity contribution in [2.75, 3.05) is 0 Å². The van der Waals surface area contributed by atoms with Crippen molar-refractivity contribution in [2.24, 2.45) is 0 Å². The molecule has 2 atom stereocenters. The second-order valence-corrected chi connectivity index (χ2v) is 8.68. The smallest absolute Gasteiger partial charge is 0.279 e. The first-order valence-corrected chi connectivity index (χ1v) is 11.7. The lowest BCUT2D eigenvalue weighted by atomic mass is 10.0. The summed E-state index contributed by atoms with van der Waals surface area (Å²) in [6, 6.07) is 15.7. The van der Waals surface area contributed by atoms with Gasteiger partial charge in [0.2, 0.25) is 0 Å². The fourth-order valence-electron chi connectivity index (χ4n) is 3.46. The molecule has 0 saturated carbocycles. The zero-order valence-electron chi connectivity index (χ0n) is 18.7. The van der Waals surface area contributed by atoms with Crippen molar-refractivity contribution in [1.29, 1.82) is 0 Å². The molecule has 8 nitrogen and oxygen atoms in total. The van der Waals surface area contributed by atoms with Crippen LogP contribution in [0.2, 0.25) is 0 Å². The van der Waals surface area contributed by atoms with Gasteiger partial charge in [-0.15, -0.1) is 11.3 Å². The lowest BCUT2D eigenvalue weighted by Gasteiger charge is -2.20. The van der Waals surface area contributed by atoms with E-state index in [2.05, 4.69) is 21.2 Å². The standard InChI is InChI=1S/C25H23FN4O4S/c1-15(34-21-10-5-3-8-18(21)26)23(31)29-30-24(32)20(28-25(33)22-11-6-12-35-22)13-16-14-27-19-9-4-2-7-17(16)19/h2-12,14-15,20,27H,13H2,1H3,(H,28,33)(H,29,31)(H,30,32)/t15?,20-/m0/s1. The highest BCUT2D eigenvalue weighted by Gasteiger charge is 2.25. The predicted octanol–water partition coefficient (Wildman–Crippen LogP) is 3.32. The van der Waals surface area contributed by atoms with E-state index in [1.165, 1.54) is 36.5 Å². The van der Waals surface area contributed by atoms with Crippen molar-refractivity contribution in [2.45, 2.75) is 25.5 Å². The quantitative estimate of drug-likeness (QED) is 0.282. The molecular formula is C25H23FN4O4S. The molecule has 0 spiro atoms. The number of carbonyl (C=O) groups excluding carboxylic acids is 3. The number of hydrogen-bond donors (Lipinski definition) is 4. The summed E-state index contributed by atoms with van der Waals surface area (Å²) >= 11 is 1.25. The third-order valence-corrected chi connectivity index (χ3v) is 6.15. The molecule has 0 aliphatic rings. The number of fused-ring (bicyclic) bond motifs is 1. The summed E-state index contributed by atoms with van der Waals surface area (Å²) in [6.45, 7) is 1.43. The van der Waals surface area contributed by atoms with Crippen molar-refractivity contribution in [3.05, 3.63) is 88.5 Å². The number of carbonyl (C=O) groups is 3. The summed E-state index contributed by atoms with van der Waals surface area (Å²) < 4.78 is 19.1. The highest BCUT2D eigenvalue weighted by atomic mass is 32.1. The third-order valence-electron chi connectivity index (χ3n) is 5.28. The molecule has 4 N–H and O–H groups in total. The van der Waals surface area contributed by atoms with Crippen LogP contribution >= 0.6 is 11.3 Å². The van der Waals surface area contributed by atoms with Crippen LogP contribution in [-0.4, -0.2) is 34.9 Å². The van der Waals surface area contributed by atoms with Crippen molar-refractivity contribution in [1.82, 2.24) is 21.2 Å². The van der Waals surface area contributed by atoms with Crippen LogP contribution in [0.25, 0.3) is 10.9 Å². The SMILES string of the molecule is CC(Oc1ccccc1F)C(=O)NNC(=O)[C@H](Cc1c[nH]c2ccccc12)NC(=O)c1cccs1. The van der Waals surface area contributed by atoms with Gasteiger partial charge in [0.05, 0.1) is 4.88 Å². The van der Waals surface area contributed by atoms with Crippen LogP contribution in [0, 0.1) is 5.82 Å². The summed E-state index contributed by atoms with van der Waals surface area (Å²) in [5.41, 5.74) is 6.36. The maximum Gasteiger partial charge on any atom is 0.279 e. The third kappa shape index (κ3) is 5.85. The number of nitrogens with one attached hydrogen (secondary N) is 4. The average Bonchev–Trinajstić information content (AvgIpc) is 3.54. The predicted molar refractivity (Wildman–Crippen MR) is 130 cm³/mol. The van der Waals surface area contributed by atoms with E-state index in [-0.39, 0.29) is 12.2 Å². The average molecular weight is 495 g/mol. The highest BCUT2D eigenvalue weighted by Crippen LogP contribution is 2.20. The van der Waals surface area contributed by atoms with Crippen molar-refractivity contribution in [3.8, 4) is 5.75 Å². The lowest BCUT2D eigenvalue weighted by molar-refractivity contribution is -0.133. The maximum atomic E-state index is 13.8. The molecule has 0 saturated heterocycles. The van der Waals surface area contributed by atoms with Gasteiger partial charge in [0, 0.05) is 23.5 Å². The number of H-pyrrole nitrogens is 1. The number of amides is 3. The Morgan fingerprint density at radius 1 is 1.00 bits per heavy atom. The molecule has 10 heteroatoms. The molecular weight excluding hydrogens is 471 g/mol. The van der Waals surface area contributed by atoms with Gasteiger partial charge in [-0.1, -0.05) is 36.4 Å². The van der Waals surface area contributed by atoms with Crippen molar-refractivity contribution in [3.63, 3.8) is 0 Å². The first kappa shape index (κ1) is 24.0. The summed E-state index contributed by atoms with van der Waals surface area (Å²) in [7, 11) is 0. The minimum Gasteiger partial charge on any atom is -0.478 e. The van der Waals surface area contributed by atoms with Crippen LogP contribution in [0.1, 0.15) is 22.2 Å². The monoisotopic (exact) mass is 494 g/mol. The van der Waals surface area contributed by atoms with Crippen LogP contribution in [0.3, 0.4) is 0 Å². The Morgan fingerprint density at radius 3 is 2.51 bits per heavy atom. The van der Waals surface area contributed by atoms with E-state index in [0.717, 1.165) is 16.5 Å². The van der Waals surface area contributed by atoms with Crippen LogP contribution < -0.4 is 20.9 Å². The molecule has 4 aromatic rings. The van der Waals surface area contributed by atoms with Gasteiger partial charge >= 0.3 is 0 Å². The van der Waals surface area contributed by atoms with Crippen LogP contribution in [0.4, 0.5) is 4.39 Å². The first-order valence-electron chi connectivity index (χ1n) is 10.8. The number of hydrazine groups is 1. The van der Waals surface area contributed by atoms with Crippen molar-refractivity contribution >= 4 is 40.0 Å². The Morgan fingerprint density at radius 2 is 1.74 bits per heavy atom. The second-order valence-electron chi connectivity index (χ2n) is 7.74. The fraction of sp³-hybridized carbons (Fsp3) is 0.160. The Kier molecular flexibility index (Phi) is 7.41. The minimum atomic E-state index is -1.08. The minimum absolute atomic E-state index is 0.0816. The van der Waals surface area contributed by atoms with Crippen LogP contribution in [0.15, 0.2) is 72.2 Å². The summed E-state index contributed by atoms with van der Waals surface area (Å²) in [4.78, 5) is 41.7. The fourth-order valence-corrected chi connectivity index (χ4v) is 4.09. The maximum absolute atomic E-state index is 13.8. The largest absolute Gasteiger partial charge is 0.478 e. The normalized spacial score (nSPS) is 12.5. The molecule has 0 radical (unpaired) electrons. The molecule has 3 amide bonds. The van der Waals surface area contributed by atoms with E-state index in [0.29, 0.717) is 4.88 Å². The second kappa shape index (κ2) is 10.8. The van der Waals surface area contributed by atoms with E-state index < -0.39 is 35.7 Å². The molecule has 0 bridgehead atoms. The van der Waals surface area contributed by atoms with Gasteiger partial charge in [0.1, 0.15) is 6.04 Å². The topological polar surface area (TPSA) is 112 Å². The number of para-hydroxylation sites is 2. The van der Waals surface area contributed by atoms with Gasteiger partial charge in [-0.2, -0.15) is 0 Å². The molecule has 2 aromatic heterocycles. The highest BCUT2D eigenvalue weighted by molar-refractivity contribution is 7.12. The van der Waals surface area contributed by atoms with E-state index in [9.17, 15) is 18.8 Å². The number of rotatable bonds is 8. The first-order chi connectivity index (χ1) is 16.9. The van der Waals surface area contributed by atoms with Gasteiger partial charge in [-0.3, -0.25) is 25.2 Å². The van der Waals surface area contributed by atoms with Crippen molar-refractivity contribution < 1.29 is 23.5 Å². The number of aromatic nitrogens is 1. The molecule has 35 heavy (non-hydrogen) atoms. The number of halogens is 1. The molecule has 1 unspecified atom stereocenters. The van der Waals surface area contributed by atoms with E-state index in [4.69, 9.17) is 4.74 Å². The molecule has 0 aliphatic heterocycles.